The summed E-state index contributed by atoms with van der Waals surface area (Å²) in [5, 5.41) is 12.1. The van der Waals surface area contributed by atoms with Gasteiger partial charge in [-0.2, -0.15) is 0 Å². The maximum Gasteiger partial charge on any atom is 0.147 e. The van der Waals surface area contributed by atoms with Crippen molar-refractivity contribution in [3.63, 3.8) is 0 Å². The highest BCUT2D eigenvalue weighted by Gasteiger charge is 2.55. The lowest BCUT2D eigenvalue weighted by Crippen LogP contribution is -2.45. The molecule has 1 aliphatic heterocycles. The van der Waals surface area contributed by atoms with Crippen molar-refractivity contribution in [3.8, 4) is 17.2 Å². The van der Waals surface area contributed by atoms with Gasteiger partial charge in [-0.1, -0.05) is 26.3 Å². The molecule has 1 heterocycles. The van der Waals surface area contributed by atoms with E-state index in [2.05, 4.69) is 37.1 Å². The van der Waals surface area contributed by atoms with Crippen LogP contribution < -0.4 is 9.57 Å². The fraction of sp³-hybridized carbons (Fsp3) is 0.625. The van der Waals surface area contributed by atoms with E-state index in [4.69, 9.17) is 9.57 Å². The van der Waals surface area contributed by atoms with E-state index in [0.717, 1.165) is 61.8 Å². The number of ether oxygens (including phenoxy) is 1. The third-order valence-corrected chi connectivity index (χ3v) is 10.4. The number of hydrogen-bond acceptors (Lipinski definition) is 4. The average Bonchev–Trinajstić information content (AvgIpc) is 3.21. The van der Waals surface area contributed by atoms with Crippen molar-refractivity contribution in [2.45, 2.75) is 77.6 Å². The van der Waals surface area contributed by atoms with Crippen LogP contribution in [0, 0.1) is 29.1 Å². The van der Waals surface area contributed by atoms with Crippen molar-refractivity contribution < 1.29 is 14.7 Å². The second-order valence-corrected chi connectivity index (χ2v) is 12.4. The number of aromatic hydroxyl groups is 1. The molecule has 0 aromatic heterocycles. The van der Waals surface area contributed by atoms with Crippen LogP contribution in [0.1, 0.15) is 82.3 Å². The first-order valence-corrected chi connectivity index (χ1v) is 14.5. The van der Waals surface area contributed by atoms with E-state index < -0.39 is 0 Å². The standard InChI is InChI=1S/C32H43NO3/c1-22-20-23-21-25(34)7-12-28(23)29-14-16-32(2)24(6-13-30(32)31(22)29)15-19-35-26-8-10-27(11-9-26)36-33-17-4-3-5-18-33/h7-12,21-22,24,29-31,34H,3-6,13-20H2,1-2H3/t22-,24-,29?,30?,31?,32?/m1/s1. The molecule has 3 aliphatic carbocycles. The molecule has 0 bridgehead atoms. The molecule has 1 N–H and O–H groups in total. The summed E-state index contributed by atoms with van der Waals surface area (Å²) >= 11 is 0. The van der Waals surface area contributed by atoms with Crippen LogP contribution in [0.15, 0.2) is 42.5 Å². The van der Waals surface area contributed by atoms with Gasteiger partial charge in [0.15, 0.2) is 0 Å². The summed E-state index contributed by atoms with van der Waals surface area (Å²) in [5.74, 6) is 5.97. The second kappa shape index (κ2) is 9.93. The molecule has 2 aromatic rings. The van der Waals surface area contributed by atoms with Crippen molar-refractivity contribution in [1.29, 1.82) is 0 Å². The first kappa shape index (κ1) is 24.2. The Kier molecular flexibility index (Phi) is 6.66. The zero-order valence-electron chi connectivity index (χ0n) is 22.1. The van der Waals surface area contributed by atoms with Crippen molar-refractivity contribution in [2.75, 3.05) is 19.7 Å². The van der Waals surface area contributed by atoms with Gasteiger partial charge in [0.1, 0.15) is 17.2 Å². The molecular formula is C32H43NO3. The van der Waals surface area contributed by atoms with E-state index >= 15 is 0 Å². The van der Waals surface area contributed by atoms with Crippen LogP contribution in [-0.2, 0) is 6.42 Å². The predicted octanol–water partition coefficient (Wildman–Crippen LogP) is 7.36. The topological polar surface area (TPSA) is 41.9 Å². The highest BCUT2D eigenvalue weighted by Crippen LogP contribution is 2.64. The van der Waals surface area contributed by atoms with Crippen LogP contribution in [0.5, 0.6) is 17.2 Å². The summed E-state index contributed by atoms with van der Waals surface area (Å²) in [5.41, 5.74) is 3.35. The van der Waals surface area contributed by atoms with Gasteiger partial charge in [-0.15, -0.1) is 5.06 Å². The second-order valence-electron chi connectivity index (χ2n) is 12.4. The molecular weight excluding hydrogens is 446 g/mol. The Morgan fingerprint density at radius 1 is 0.972 bits per heavy atom. The predicted molar refractivity (Wildman–Crippen MR) is 143 cm³/mol. The van der Waals surface area contributed by atoms with E-state index in [0.29, 0.717) is 23.0 Å². The van der Waals surface area contributed by atoms with Gasteiger partial charge in [0.05, 0.1) is 6.61 Å². The minimum Gasteiger partial charge on any atom is -0.508 e. The Morgan fingerprint density at radius 3 is 2.56 bits per heavy atom. The molecule has 4 heteroatoms. The lowest BCUT2D eigenvalue weighted by atomic mass is 9.51. The van der Waals surface area contributed by atoms with Gasteiger partial charge in [0.2, 0.25) is 0 Å². The highest BCUT2D eigenvalue weighted by molar-refractivity contribution is 5.40. The first-order chi connectivity index (χ1) is 17.5. The van der Waals surface area contributed by atoms with Gasteiger partial charge >= 0.3 is 0 Å². The Hall–Kier alpha value is -2.20. The normalized spacial score (nSPS) is 33.9. The number of hydrogen-bond donors (Lipinski definition) is 1. The third kappa shape index (κ3) is 4.51. The summed E-state index contributed by atoms with van der Waals surface area (Å²) in [4.78, 5) is 6.01. The summed E-state index contributed by atoms with van der Waals surface area (Å²) in [6.07, 6.45) is 11.3. The Bertz CT molecular complexity index is 1050. The molecule has 0 spiro atoms. The summed E-state index contributed by atoms with van der Waals surface area (Å²) < 4.78 is 6.23. The fourth-order valence-corrected chi connectivity index (χ4v) is 8.57. The van der Waals surface area contributed by atoms with Gasteiger partial charge in [-0.25, -0.2) is 0 Å². The largest absolute Gasteiger partial charge is 0.508 e. The number of phenols is 1. The summed E-state index contributed by atoms with van der Waals surface area (Å²) in [7, 11) is 0. The van der Waals surface area contributed by atoms with Crippen LogP contribution in [0.4, 0.5) is 0 Å². The highest BCUT2D eigenvalue weighted by atomic mass is 16.7. The summed E-state index contributed by atoms with van der Waals surface area (Å²) in [6.45, 7) is 7.90. The monoisotopic (exact) mass is 489 g/mol. The van der Waals surface area contributed by atoms with Gasteiger partial charge < -0.3 is 14.7 Å². The van der Waals surface area contributed by atoms with Gasteiger partial charge in [-0.3, -0.25) is 0 Å². The van der Waals surface area contributed by atoms with E-state index in [9.17, 15) is 5.11 Å². The number of piperidine rings is 1. The Balaban J connectivity index is 1.06. The molecule has 1 saturated heterocycles. The minimum absolute atomic E-state index is 0.421. The molecule has 4 aliphatic rings. The zero-order valence-corrected chi connectivity index (χ0v) is 22.1. The summed E-state index contributed by atoms with van der Waals surface area (Å²) in [6, 6.07) is 14.4. The SMILES string of the molecule is C[C@@H]1Cc2cc(O)ccc2C2CCC3(C)C(CC[C@@H]3CCOc3ccc(ON4CCCCC4)cc3)C21. The van der Waals surface area contributed by atoms with Crippen LogP contribution in [-0.4, -0.2) is 29.9 Å². The van der Waals surface area contributed by atoms with Crippen LogP contribution >= 0.6 is 0 Å². The maximum atomic E-state index is 10.0. The van der Waals surface area contributed by atoms with Gasteiger partial charge in [0, 0.05) is 13.1 Å². The molecule has 0 radical (unpaired) electrons. The van der Waals surface area contributed by atoms with E-state index in [1.165, 1.54) is 56.1 Å². The lowest BCUT2D eigenvalue weighted by molar-refractivity contribution is -0.0720. The molecule has 4 unspecified atom stereocenters. The van der Waals surface area contributed by atoms with E-state index in [-0.39, 0.29) is 0 Å². The smallest absolute Gasteiger partial charge is 0.147 e. The molecule has 6 atom stereocenters. The van der Waals surface area contributed by atoms with E-state index in [1.54, 1.807) is 0 Å². The molecule has 2 aromatic carbocycles. The lowest BCUT2D eigenvalue weighted by Gasteiger charge is -2.53. The van der Waals surface area contributed by atoms with Gasteiger partial charge in [0.25, 0.3) is 0 Å². The minimum atomic E-state index is 0.421. The number of nitrogens with zero attached hydrogens (tertiary/aromatic N) is 1. The number of phenolic OH excluding ortho intramolecular Hbond substituents is 1. The van der Waals surface area contributed by atoms with Crippen molar-refractivity contribution in [3.05, 3.63) is 53.6 Å². The zero-order chi connectivity index (χ0) is 24.7. The number of rotatable bonds is 6. The third-order valence-electron chi connectivity index (χ3n) is 10.4. The number of benzene rings is 2. The fourth-order valence-electron chi connectivity index (χ4n) is 8.57. The molecule has 2 saturated carbocycles. The Labute approximate surface area is 216 Å². The van der Waals surface area contributed by atoms with Crippen LogP contribution in [0.2, 0.25) is 0 Å². The molecule has 4 nitrogen and oxygen atoms in total. The molecule has 3 fully saturated rings. The number of hydroxylamine groups is 2. The molecule has 194 valence electrons. The van der Waals surface area contributed by atoms with Crippen molar-refractivity contribution in [2.24, 2.45) is 29.1 Å². The Morgan fingerprint density at radius 2 is 1.75 bits per heavy atom. The average molecular weight is 490 g/mol. The quantitative estimate of drug-likeness (QED) is 0.460. The van der Waals surface area contributed by atoms with Crippen molar-refractivity contribution >= 4 is 0 Å². The number of fused-ring (bicyclic) bond motifs is 5. The first-order valence-electron chi connectivity index (χ1n) is 14.5. The van der Waals surface area contributed by atoms with Crippen LogP contribution in [0.25, 0.3) is 0 Å². The molecule has 6 rings (SSSR count). The maximum absolute atomic E-state index is 10.0. The molecule has 36 heavy (non-hydrogen) atoms. The van der Waals surface area contributed by atoms with Gasteiger partial charge in [-0.05, 0) is 134 Å². The van der Waals surface area contributed by atoms with Crippen LogP contribution in [0.3, 0.4) is 0 Å². The molecule has 0 amide bonds. The van der Waals surface area contributed by atoms with Crippen molar-refractivity contribution in [1.82, 2.24) is 5.06 Å². The van der Waals surface area contributed by atoms with E-state index in [1.807, 2.05) is 24.3 Å².